The van der Waals surface area contributed by atoms with Crippen LogP contribution in [0.1, 0.15) is 32.0 Å². The lowest BCUT2D eigenvalue weighted by Gasteiger charge is -2.08. The monoisotopic (exact) mass is 305 g/mol. The molecule has 1 aliphatic carbocycles. The minimum Gasteiger partial charge on any atom is -0.334 e. The van der Waals surface area contributed by atoms with Crippen molar-refractivity contribution in [1.82, 2.24) is 14.3 Å². The maximum atomic E-state index is 12.1. The number of halogens is 1. The number of imidazole rings is 1. The highest BCUT2D eigenvalue weighted by atomic mass is 35.5. The Balaban J connectivity index is 2.03. The van der Waals surface area contributed by atoms with Crippen molar-refractivity contribution in [3.63, 3.8) is 0 Å². The van der Waals surface area contributed by atoms with Gasteiger partial charge in [0.2, 0.25) is 0 Å². The number of aryl methyl sites for hydroxylation is 2. The molecule has 1 N–H and O–H groups in total. The zero-order chi connectivity index (χ0) is 14.0. The highest BCUT2D eigenvalue weighted by Crippen LogP contribution is 2.35. The van der Waals surface area contributed by atoms with Crippen molar-refractivity contribution >= 4 is 21.6 Å². The topological polar surface area (TPSA) is 64.0 Å². The van der Waals surface area contributed by atoms with E-state index >= 15 is 0 Å². The lowest BCUT2D eigenvalue weighted by Crippen LogP contribution is -2.31. The first-order chi connectivity index (χ1) is 8.94. The van der Waals surface area contributed by atoms with E-state index in [1.54, 1.807) is 6.20 Å². The van der Waals surface area contributed by atoms with Crippen molar-refractivity contribution in [2.75, 3.05) is 6.54 Å². The predicted octanol–water partition coefficient (Wildman–Crippen LogP) is 1.90. The van der Waals surface area contributed by atoms with Gasteiger partial charge in [-0.2, -0.15) is 0 Å². The summed E-state index contributed by atoms with van der Waals surface area (Å²) >= 11 is 6.11. The van der Waals surface area contributed by atoms with Crippen LogP contribution in [0.5, 0.6) is 0 Å². The van der Waals surface area contributed by atoms with Crippen LogP contribution in [0.4, 0.5) is 0 Å². The second kappa shape index (κ2) is 5.81. The average molecular weight is 306 g/mol. The number of hydrogen-bond acceptors (Lipinski definition) is 3. The summed E-state index contributed by atoms with van der Waals surface area (Å²) in [7, 11) is -3.55. The Kier molecular flexibility index (Phi) is 4.53. The van der Waals surface area contributed by atoms with E-state index in [-0.39, 0.29) is 16.9 Å². The number of hydrogen-bond donors (Lipinski definition) is 1. The molecule has 108 valence electrons. The first-order valence-electron chi connectivity index (χ1n) is 6.61. The summed E-state index contributed by atoms with van der Waals surface area (Å²) in [5.41, 5.74) is 0. The molecule has 1 aromatic rings. The van der Waals surface area contributed by atoms with Crippen LogP contribution >= 0.6 is 11.6 Å². The van der Waals surface area contributed by atoms with Crippen LogP contribution in [0.15, 0.2) is 11.2 Å². The van der Waals surface area contributed by atoms with E-state index in [1.165, 1.54) is 0 Å². The molecule has 1 heterocycles. The van der Waals surface area contributed by atoms with Crippen LogP contribution in [0, 0.1) is 12.8 Å². The largest absolute Gasteiger partial charge is 0.334 e. The molecule has 1 fully saturated rings. The summed E-state index contributed by atoms with van der Waals surface area (Å²) < 4.78 is 28.6. The summed E-state index contributed by atoms with van der Waals surface area (Å²) in [6.45, 7) is 4.89. The van der Waals surface area contributed by atoms with E-state index in [0.29, 0.717) is 11.7 Å². The molecule has 0 aliphatic heterocycles. The van der Waals surface area contributed by atoms with Crippen molar-refractivity contribution in [3.8, 4) is 0 Å². The lowest BCUT2D eigenvalue weighted by atomic mass is 10.3. The molecule has 2 rings (SSSR count). The quantitative estimate of drug-likeness (QED) is 0.783. The molecular weight excluding hydrogens is 286 g/mol. The lowest BCUT2D eigenvalue weighted by molar-refractivity contribution is 0.572. The van der Waals surface area contributed by atoms with Gasteiger partial charge in [0.25, 0.3) is 10.0 Å². The van der Waals surface area contributed by atoms with Gasteiger partial charge in [0, 0.05) is 24.7 Å². The van der Waals surface area contributed by atoms with E-state index < -0.39 is 10.0 Å². The minimum atomic E-state index is -3.55. The SMILES string of the molecule is CCCn1cc(S(=O)(=O)NCC(Cl)C2CC2)nc1C. The van der Waals surface area contributed by atoms with Gasteiger partial charge in [0.05, 0.1) is 0 Å². The van der Waals surface area contributed by atoms with Gasteiger partial charge in [-0.15, -0.1) is 11.6 Å². The molecule has 1 aliphatic rings. The van der Waals surface area contributed by atoms with E-state index in [2.05, 4.69) is 9.71 Å². The summed E-state index contributed by atoms with van der Waals surface area (Å²) in [6, 6.07) is 0. The second-order valence-electron chi connectivity index (χ2n) is 5.03. The van der Waals surface area contributed by atoms with Gasteiger partial charge in [-0.25, -0.2) is 18.1 Å². The molecule has 0 radical (unpaired) electrons. The van der Waals surface area contributed by atoms with E-state index in [4.69, 9.17) is 11.6 Å². The molecule has 1 atom stereocenters. The van der Waals surface area contributed by atoms with Crippen molar-refractivity contribution in [3.05, 3.63) is 12.0 Å². The highest BCUT2D eigenvalue weighted by molar-refractivity contribution is 7.89. The van der Waals surface area contributed by atoms with Crippen LogP contribution < -0.4 is 4.72 Å². The van der Waals surface area contributed by atoms with Crippen LogP contribution in [-0.2, 0) is 16.6 Å². The molecular formula is C12H20ClN3O2S. The number of alkyl halides is 1. The molecule has 0 amide bonds. The summed E-state index contributed by atoms with van der Waals surface area (Å²) in [6.07, 6.45) is 4.72. The summed E-state index contributed by atoms with van der Waals surface area (Å²) in [4.78, 5) is 4.11. The Morgan fingerprint density at radius 1 is 1.58 bits per heavy atom. The van der Waals surface area contributed by atoms with Crippen molar-refractivity contribution in [2.45, 2.75) is 50.1 Å². The molecule has 0 saturated heterocycles. The summed E-state index contributed by atoms with van der Waals surface area (Å²) in [5.74, 6) is 1.18. The van der Waals surface area contributed by atoms with Crippen LogP contribution in [-0.4, -0.2) is 29.9 Å². The van der Waals surface area contributed by atoms with Gasteiger partial charge in [-0.05, 0) is 32.1 Å². The molecule has 1 aromatic heterocycles. The predicted molar refractivity (Wildman–Crippen MR) is 74.8 cm³/mol. The Labute approximate surface area is 119 Å². The highest BCUT2D eigenvalue weighted by Gasteiger charge is 2.31. The second-order valence-corrected chi connectivity index (χ2v) is 7.30. The smallest absolute Gasteiger partial charge is 0.259 e. The van der Waals surface area contributed by atoms with Crippen molar-refractivity contribution < 1.29 is 8.42 Å². The molecule has 7 heteroatoms. The molecule has 1 saturated carbocycles. The van der Waals surface area contributed by atoms with Crippen LogP contribution in [0.2, 0.25) is 0 Å². The Morgan fingerprint density at radius 3 is 2.84 bits per heavy atom. The number of nitrogens with one attached hydrogen (secondary N) is 1. The first-order valence-corrected chi connectivity index (χ1v) is 8.53. The van der Waals surface area contributed by atoms with E-state index in [0.717, 1.165) is 25.8 Å². The fraction of sp³-hybridized carbons (Fsp3) is 0.750. The van der Waals surface area contributed by atoms with Crippen molar-refractivity contribution in [2.24, 2.45) is 5.92 Å². The van der Waals surface area contributed by atoms with Crippen molar-refractivity contribution in [1.29, 1.82) is 0 Å². The Bertz CT molecular complexity index is 537. The van der Waals surface area contributed by atoms with Gasteiger partial charge >= 0.3 is 0 Å². The molecule has 19 heavy (non-hydrogen) atoms. The number of aromatic nitrogens is 2. The zero-order valence-corrected chi connectivity index (χ0v) is 12.8. The van der Waals surface area contributed by atoms with Gasteiger partial charge in [0.1, 0.15) is 5.82 Å². The van der Waals surface area contributed by atoms with Gasteiger partial charge in [-0.3, -0.25) is 0 Å². The Morgan fingerprint density at radius 2 is 2.26 bits per heavy atom. The van der Waals surface area contributed by atoms with Gasteiger partial charge in [0.15, 0.2) is 5.03 Å². The fourth-order valence-electron chi connectivity index (χ4n) is 1.96. The standard InChI is InChI=1S/C12H20ClN3O2S/c1-3-6-16-8-12(15-9(16)2)19(17,18)14-7-11(13)10-4-5-10/h8,10-11,14H,3-7H2,1-2H3. The molecule has 0 bridgehead atoms. The number of rotatable bonds is 7. The number of sulfonamides is 1. The maximum absolute atomic E-state index is 12.1. The third-order valence-corrected chi connectivity index (χ3v) is 5.10. The zero-order valence-electron chi connectivity index (χ0n) is 11.3. The van der Waals surface area contributed by atoms with E-state index in [9.17, 15) is 8.42 Å². The molecule has 0 spiro atoms. The third kappa shape index (κ3) is 3.70. The Hall–Kier alpha value is -0.590. The average Bonchev–Trinajstić information content (AvgIpc) is 3.13. The summed E-state index contributed by atoms with van der Waals surface area (Å²) in [5, 5.41) is -0.0355. The normalized spacial score (nSPS) is 17.6. The van der Waals surface area contributed by atoms with Gasteiger partial charge < -0.3 is 4.57 Å². The third-order valence-electron chi connectivity index (χ3n) is 3.30. The van der Waals surface area contributed by atoms with Crippen LogP contribution in [0.25, 0.3) is 0 Å². The van der Waals surface area contributed by atoms with E-state index in [1.807, 2.05) is 18.4 Å². The minimum absolute atomic E-state index is 0.0816. The molecule has 5 nitrogen and oxygen atoms in total. The van der Waals surface area contributed by atoms with Gasteiger partial charge in [-0.1, -0.05) is 6.92 Å². The molecule has 1 unspecified atom stereocenters. The fourth-order valence-corrected chi connectivity index (χ4v) is 3.45. The molecule has 0 aromatic carbocycles. The first kappa shape index (κ1) is 14.8. The number of nitrogens with zero attached hydrogens (tertiary/aromatic N) is 2. The van der Waals surface area contributed by atoms with Crippen LogP contribution in [0.3, 0.4) is 0 Å². The maximum Gasteiger partial charge on any atom is 0.259 e.